The van der Waals surface area contributed by atoms with Crippen LogP contribution < -0.4 is 10.6 Å². The molecule has 0 fully saturated rings. The van der Waals surface area contributed by atoms with Gasteiger partial charge in [0.1, 0.15) is 6.07 Å². The lowest BCUT2D eigenvalue weighted by Crippen LogP contribution is -2.17. The van der Waals surface area contributed by atoms with Gasteiger partial charge in [-0.15, -0.1) is 0 Å². The number of benzene rings is 2. The van der Waals surface area contributed by atoms with Crippen LogP contribution >= 0.6 is 11.6 Å². The maximum absolute atomic E-state index is 12.6. The monoisotopic (exact) mass is 526 g/mol. The van der Waals surface area contributed by atoms with Crippen LogP contribution in [0.2, 0.25) is 5.02 Å². The molecule has 0 aliphatic carbocycles. The second-order valence-corrected chi connectivity index (χ2v) is 9.96. The maximum Gasteiger partial charge on any atom is 0.224 e. The Labute approximate surface area is 228 Å². The summed E-state index contributed by atoms with van der Waals surface area (Å²) in [6.07, 6.45) is 6.13. The van der Waals surface area contributed by atoms with Gasteiger partial charge >= 0.3 is 0 Å². The Bertz CT molecular complexity index is 1480. The summed E-state index contributed by atoms with van der Waals surface area (Å²) in [5.41, 5.74) is 6.17. The van der Waals surface area contributed by atoms with Gasteiger partial charge in [-0.1, -0.05) is 23.7 Å². The molecule has 1 amide bonds. The highest BCUT2D eigenvalue weighted by atomic mass is 35.5. The molecule has 38 heavy (non-hydrogen) atoms. The van der Waals surface area contributed by atoms with Crippen LogP contribution in [-0.2, 0) is 17.6 Å². The number of carbonyl (C=O) groups is 1. The number of pyridine rings is 2. The van der Waals surface area contributed by atoms with E-state index in [1.807, 2.05) is 69.6 Å². The fourth-order valence-electron chi connectivity index (χ4n) is 4.25. The van der Waals surface area contributed by atoms with Gasteiger partial charge in [-0.3, -0.25) is 14.8 Å². The summed E-state index contributed by atoms with van der Waals surface area (Å²) in [7, 11) is 3.98. The molecule has 0 aliphatic rings. The lowest BCUT2D eigenvalue weighted by atomic mass is 10.0. The molecule has 0 spiro atoms. The third-order valence-electron chi connectivity index (χ3n) is 6.32. The average molecular weight is 527 g/mol. The van der Waals surface area contributed by atoms with Crippen LogP contribution in [0.3, 0.4) is 0 Å². The first kappa shape index (κ1) is 27.1. The quantitative estimate of drug-likeness (QED) is 0.253. The topological polar surface area (TPSA) is 93.9 Å². The molecule has 4 aromatic rings. The van der Waals surface area contributed by atoms with Crippen molar-refractivity contribution in [2.24, 2.45) is 0 Å². The SMILES string of the molecule is Cc1cc2ncc(C#N)c(Nc3ccc(CCc4ccccn4)c(Cl)c3)c2cc1NC(=O)CCCN(C)C. The second-order valence-electron chi connectivity index (χ2n) is 9.55. The average Bonchev–Trinajstić information content (AvgIpc) is 2.89. The van der Waals surface area contributed by atoms with Crippen molar-refractivity contribution < 1.29 is 4.79 Å². The van der Waals surface area contributed by atoms with Gasteiger partial charge in [0.25, 0.3) is 0 Å². The zero-order valence-corrected chi connectivity index (χ0v) is 22.6. The highest BCUT2D eigenvalue weighted by Crippen LogP contribution is 2.33. The Morgan fingerprint density at radius 3 is 2.66 bits per heavy atom. The molecule has 2 N–H and O–H groups in total. The molecule has 2 aromatic heterocycles. The summed E-state index contributed by atoms with van der Waals surface area (Å²) in [5.74, 6) is -0.0405. The van der Waals surface area contributed by atoms with E-state index in [2.05, 4.69) is 31.6 Å². The Balaban J connectivity index is 1.58. The summed E-state index contributed by atoms with van der Waals surface area (Å²) in [5, 5.41) is 17.6. The molecular formula is C30H31ClN6O. The van der Waals surface area contributed by atoms with Crippen molar-refractivity contribution in [1.29, 1.82) is 5.26 Å². The van der Waals surface area contributed by atoms with Crippen molar-refractivity contribution in [1.82, 2.24) is 14.9 Å². The first-order chi connectivity index (χ1) is 18.3. The summed E-state index contributed by atoms with van der Waals surface area (Å²) < 4.78 is 0. The highest BCUT2D eigenvalue weighted by molar-refractivity contribution is 6.31. The number of carbonyl (C=O) groups excluding carboxylic acids is 1. The number of fused-ring (bicyclic) bond motifs is 1. The van der Waals surface area contributed by atoms with Gasteiger partial charge in [-0.25, -0.2) is 0 Å². The minimum absolute atomic E-state index is 0.0405. The van der Waals surface area contributed by atoms with E-state index in [1.54, 1.807) is 12.4 Å². The fraction of sp³-hybridized carbons (Fsp3) is 0.267. The van der Waals surface area contributed by atoms with Crippen molar-refractivity contribution in [3.05, 3.63) is 88.3 Å². The Morgan fingerprint density at radius 1 is 1.11 bits per heavy atom. The first-order valence-electron chi connectivity index (χ1n) is 12.6. The number of anilines is 3. The third-order valence-corrected chi connectivity index (χ3v) is 6.67. The number of hydrogen-bond donors (Lipinski definition) is 2. The summed E-state index contributed by atoms with van der Waals surface area (Å²) in [6.45, 7) is 2.78. The van der Waals surface area contributed by atoms with E-state index < -0.39 is 0 Å². The van der Waals surface area contributed by atoms with Crippen molar-refractivity contribution >= 4 is 45.5 Å². The molecule has 0 bridgehead atoms. The second kappa shape index (κ2) is 12.5. The van der Waals surface area contributed by atoms with E-state index in [4.69, 9.17) is 11.6 Å². The van der Waals surface area contributed by atoms with Crippen LogP contribution in [-0.4, -0.2) is 41.4 Å². The largest absolute Gasteiger partial charge is 0.354 e. The Hall–Kier alpha value is -3.99. The number of nitrogens with one attached hydrogen (secondary N) is 2. The maximum atomic E-state index is 12.6. The zero-order chi connectivity index (χ0) is 27.1. The minimum atomic E-state index is -0.0405. The van der Waals surface area contributed by atoms with Crippen molar-refractivity contribution in [3.8, 4) is 6.07 Å². The lowest BCUT2D eigenvalue weighted by Gasteiger charge is -2.16. The molecule has 0 saturated carbocycles. The van der Waals surface area contributed by atoms with Gasteiger partial charge in [0.15, 0.2) is 0 Å². The van der Waals surface area contributed by atoms with Gasteiger partial charge < -0.3 is 15.5 Å². The molecule has 2 heterocycles. The number of halogens is 1. The molecule has 0 saturated heterocycles. The number of hydrogen-bond acceptors (Lipinski definition) is 6. The van der Waals surface area contributed by atoms with E-state index in [0.717, 1.165) is 59.2 Å². The van der Waals surface area contributed by atoms with Crippen LogP contribution in [0.4, 0.5) is 17.1 Å². The summed E-state index contributed by atoms with van der Waals surface area (Å²) in [4.78, 5) is 23.5. The lowest BCUT2D eigenvalue weighted by molar-refractivity contribution is -0.116. The van der Waals surface area contributed by atoms with E-state index in [0.29, 0.717) is 28.4 Å². The van der Waals surface area contributed by atoms with Gasteiger partial charge in [0, 0.05) is 46.3 Å². The molecule has 8 heteroatoms. The molecule has 194 valence electrons. The summed E-state index contributed by atoms with van der Waals surface area (Å²) in [6, 6.07) is 17.7. The van der Waals surface area contributed by atoms with Crippen LogP contribution in [0.15, 0.2) is 60.9 Å². The minimum Gasteiger partial charge on any atom is -0.354 e. The number of aromatic nitrogens is 2. The third kappa shape index (κ3) is 6.86. The number of amides is 1. The molecule has 0 radical (unpaired) electrons. The molecule has 7 nitrogen and oxygen atoms in total. The number of nitriles is 1. The van der Waals surface area contributed by atoms with Crippen LogP contribution in [0.25, 0.3) is 10.9 Å². The van der Waals surface area contributed by atoms with Gasteiger partial charge in [-0.2, -0.15) is 5.26 Å². The van der Waals surface area contributed by atoms with Crippen LogP contribution in [0.5, 0.6) is 0 Å². The predicted octanol–water partition coefficient (Wildman–Crippen LogP) is 6.27. The van der Waals surface area contributed by atoms with Crippen LogP contribution in [0, 0.1) is 18.3 Å². The first-order valence-corrected chi connectivity index (χ1v) is 12.9. The Kier molecular flexibility index (Phi) is 8.90. The number of aryl methyl sites for hydroxylation is 3. The van der Waals surface area contributed by atoms with Gasteiger partial charge in [-0.05, 0) is 94.4 Å². The molecule has 4 rings (SSSR count). The highest BCUT2D eigenvalue weighted by Gasteiger charge is 2.14. The molecule has 0 atom stereocenters. The van der Waals surface area contributed by atoms with E-state index in [1.165, 1.54) is 0 Å². The van der Waals surface area contributed by atoms with Gasteiger partial charge in [0.2, 0.25) is 5.91 Å². The van der Waals surface area contributed by atoms with Crippen molar-refractivity contribution in [3.63, 3.8) is 0 Å². The fourth-order valence-corrected chi connectivity index (χ4v) is 4.52. The zero-order valence-electron chi connectivity index (χ0n) is 21.9. The molecular weight excluding hydrogens is 496 g/mol. The van der Waals surface area contributed by atoms with Crippen molar-refractivity contribution in [2.45, 2.75) is 32.6 Å². The number of rotatable bonds is 10. The van der Waals surface area contributed by atoms with E-state index >= 15 is 0 Å². The smallest absolute Gasteiger partial charge is 0.224 e. The standard InChI is InChI=1S/C30H31ClN6O/c1-20-15-28-25(17-27(20)36-29(38)8-6-14-37(2)3)30(22(18-32)19-34-28)35-24-12-10-21(26(31)16-24)9-11-23-7-4-5-13-33-23/h4-5,7,10,12-13,15-17,19H,6,8-9,11,14H2,1-3H3,(H,34,35)(H,36,38). The Morgan fingerprint density at radius 2 is 1.95 bits per heavy atom. The van der Waals surface area contributed by atoms with Crippen LogP contribution in [0.1, 0.15) is 35.2 Å². The van der Waals surface area contributed by atoms with E-state index in [9.17, 15) is 10.1 Å². The van der Waals surface area contributed by atoms with Gasteiger partial charge in [0.05, 0.1) is 16.8 Å². The van der Waals surface area contributed by atoms with Crippen molar-refractivity contribution in [2.75, 3.05) is 31.3 Å². The molecule has 2 aromatic carbocycles. The normalized spacial score (nSPS) is 10.9. The molecule has 0 unspecified atom stereocenters. The van der Waals surface area contributed by atoms with E-state index in [-0.39, 0.29) is 5.91 Å². The predicted molar refractivity (Wildman–Crippen MR) is 154 cm³/mol. The molecule has 0 aliphatic heterocycles. The number of nitrogens with zero attached hydrogens (tertiary/aromatic N) is 4. The summed E-state index contributed by atoms with van der Waals surface area (Å²) >= 11 is 6.63.